The number of hydrogen-bond acceptors (Lipinski definition) is 2. The van der Waals surface area contributed by atoms with E-state index in [9.17, 15) is 4.79 Å². The lowest BCUT2D eigenvalue weighted by Crippen LogP contribution is -2.09. The van der Waals surface area contributed by atoms with Gasteiger partial charge in [-0.15, -0.1) is 0 Å². The van der Waals surface area contributed by atoms with Gasteiger partial charge in [-0.25, -0.2) is 4.79 Å². The minimum Gasteiger partial charge on any atom is -0.486 e. The van der Waals surface area contributed by atoms with Gasteiger partial charge in [-0.05, 0) is 37.6 Å². The van der Waals surface area contributed by atoms with Crippen LogP contribution in [-0.2, 0) is 4.79 Å². The Hall–Kier alpha value is -1.55. The number of aliphatic carboxylic acids is 1. The second kappa shape index (κ2) is 6.40. The van der Waals surface area contributed by atoms with E-state index in [-0.39, 0.29) is 6.10 Å². The number of carbonyl (C=O) groups is 1. The fourth-order valence-corrected chi connectivity index (χ4v) is 2.03. The number of carboxylic acids is 1. The Bertz CT molecular complexity index is 492. The topological polar surface area (TPSA) is 46.5 Å². The SMILES string of the molecule is C=CC(C)Oc1c(C)cc(Br)cc1/C=C/C(=O)O. The Morgan fingerprint density at radius 2 is 2.22 bits per heavy atom. The maximum Gasteiger partial charge on any atom is 0.328 e. The highest BCUT2D eigenvalue weighted by Gasteiger charge is 2.09. The second-order valence-electron chi connectivity index (χ2n) is 3.87. The molecule has 0 saturated heterocycles. The van der Waals surface area contributed by atoms with Crippen molar-refractivity contribution in [2.45, 2.75) is 20.0 Å². The summed E-state index contributed by atoms with van der Waals surface area (Å²) >= 11 is 3.38. The Morgan fingerprint density at radius 3 is 2.78 bits per heavy atom. The van der Waals surface area contributed by atoms with E-state index < -0.39 is 5.97 Å². The summed E-state index contributed by atoms with van der Waals surface area (Å²) < 4.78 is 6.61. The highest BCUT2D eigenvalue weighted by molar-refractivity contribution is 9.10. The van der Waals surface area contributed by atoms with Crippen molar-refractivity contribution in [1.82, 2.24) is 0 Å². The highest BCUT2D eigenvalue weighted by atomic mass is 79.9. The summed E-state index contributed by atoms with van der Waals surface area (Å²) in [5.41, 5.74) is 1.65. The number of benzene rings is 1. The summed E-state index contributed by atoms with van der Waals surface area (Å²) in [6, 6.07) is 3.74. The molecule has 0 aliphatic carbocycles. The minimum atomic E-state index is -0.990. The first-order valence-electron chi connectivity index (χ1n) is 5.44. The summed E-state index contributed by atoms with van der Waals surface area (Å²) in [6.45, 7) is 7.45. The average Bonchev–Trinajstić information content (AvgIpc) is 2.29. The molecule has 18 heavy (non-hydrogen) atoms. The fraction of sp³-hybridized carbons (Fsp3) is 0.214. The van der Waals surface area contributed by atoms with Crippen LogP contribution in [0, 0.1) is 6.92 Å². The van der Waals surface area contributed by atoms with Crippen molar-refractivity contribution in [3.05, 3.63) is 46.5 Å². The monoisotopic (exact) mass is 310 g/mol. The van der Waals surface area contributed by atoms with Crippen LogP contribution in [0.2, 0.25) is 0 Å². The summed E-state index contributed by atoms with van der Waals surface area (Å²) in [7, 11) is 0. The number of ether oxygens (including phenoxy) is 1. The predicted molar refractivity (Wildman–Crippen MR) is 75.8 cm³/mol. The first-order chi connectivity index (χ1) is 8.43. The van der Waals surface area contributed by atoms with Gasteiger partial charge in [0.05, 0.1) is 0 Å². The van der Waals surface area contributed by atoms with Crippen molar-refractivity contribution in [2.24, 2.45) is 0 Å². The van der Waals surface area contributed by atoms with Gasteiger partial charge in [0.15, 0.2) is 0 Å². The molecule has 1 rings (SSSR count). The molecule has 0 spiro atoms. The summed E-state index contributed by atoms with van der Waals surface area (Å²) in [5, 5.41) is 8.68. The smallest absolute Gasteiger partial charge is 0.328 e. The largest absolute Gasteiger partial charge is 0.486 e. The molecule has 4 heteroatoms. The van der Waals surface area contributed by atoms with Crippen LogP contribution in [0.1, 0.15) is 18.1 Å². The van der Waals surface area contributed by atoms with Crippen molar-refractivity contribution in [3.63, 3.8) is 0 Å². The lowest BCUT2D eigenvalue weighted by atomic mass is 10.1. The Labute approximate surface area is 115 Å². The molecule has 0 saturated carbocycles. The van der Waals surface area contributed by atoms with Gasteiger partial charge in [0, 0.05) is 16.1 Å². The molecule has 0 amide bonds. The lowest BCUT2D eigenvalue weighted by Gasteiger charge is -2.16. The Kier molecular flexibility index (Phi) is 5.16. The first kappa shape index (κ1) is 14.5. The van der Waals surface area contributed by atoms with Gasteiger partial charge in [-0.2, -0.15) is 0 Å². The molecular formula is C14H15BrO3. The van der Waals surface area contributed by atoms with Gasteiger partial charge < -0.3 is 9.84 Å². The van der Waals surface area contributed by atoms with Crippen LogP contribution < -0.4 is 4.74 Å². The maximum absolute atomic E-state index is 10.6. The van der Waals surface area contributed by atoms with Crippen molar-refractivity contribution in [1.29, 1.82) is 0 Å². The van der Waals surface area contributed by atoms with Crippen LogP contribution in [0.3, 0.4) is 0 Å². The van der Waals surface area contributed by atoms with Crippen LogP contribution in [0.25, 0.3) is 6.08 Å². The fourth-order valence-electron chi connectivity index (χ4n) is 1.44. The number of halogens is 1. The zero-order chi connectivity index (χ0) is 13.7. The molecule has 0 radical (unpaired) electrons. The van der Waals surface area contributed by atoms with Crippen molar-refractivity contribution in [2.75, 3.05) is 0 Å². The van der Waals surface area contributed by atoms with Crippen molar-refractivity contribution >= 4 is 28.0 Å². The van der Waals surface area contributed by atoms with E-state index in [0.29, 0.717) is 5.75 Å². The Morgan fingerprint density at radius 1 is 1.56 bits per heavy atom. The van der Waals surface area contributed by atoms with Crippen LogP contribution in [0.15, 0.2) is 35.3 Å². The number of hydrogen-bond donors (Lipinski definition) is 1. The normalized spacial score (nSPS) is 12.4. The van der Waals surface area contributed by atoms with Gasteiger partial charge in [-0.1, -0.05) is 28.6 Å². The third kappa shape index (κ3) is 4.04. The van der Waals surface area contributed by atoms with Crippen LogP contribution in [-0.4, -0.2) is 17.2 Å². The molecule has 0 fully saturated rings. The number of carboxylic acid groups (broad SMARTS) is 1. The van der Waals surface area contributed by atoms with E-state index in [4.69, 9.17) is 9.84 Å². The molecule has 1 aromatic rings. The number of aryl methyl sites for hydroxylation is 1. The second-order valence-corrected chi connectivity index (χ2v) is 4.79. The van der Waals surface area contributed by atoms with E-state index in [2.05, 4.69) is 22.5 Å². The zero-order valence-electron chi connectivity index (χ0n) is 10.3. The molecule has 1 unspecified atom stereocenters. The van der Waals surface area contributed by atoms with Crippen LogP contribution >= 0.6 is 15.9 Å². The average molecular weight is 311 g/mol. The summed E-state index contributed by atoms with van der Waals surface area (Å²) in [6.07, 6.45) is 4.16. The van der Waals surface area contributed by atoms with Crippen molar-refractivity contribution in [3.8, 4) is 5.75 Å². The van der Waals surface area contributed by atoms with Gasteiger partial charge in [-0.3, -0.25) is 0 Å². The van der Waals surface area contributed by atoms with Gasteiger partial charge >= 0.3 is 5.97 Å². The van der Waals surface area contributed by atoms with E-state index >= 15 is 0 Å². The first-order valence-corrected chi connectivity index (χ1v) is 6.23. The van der Waals surface area contributed by atoms with Crippen LogP contribution in [0.5, 0.6) is 5.75 Å². The zero-order valence-corrected chi connectivity index (χ0v) is 11.9. The third-order valence-electron chi connectivity index (χ3n) is 2.31. The maximum atomic E-state index is 10.6. The molecule has 1 atom stereocenters. The van der Waals surface area contributed by atoms with Crippen LogP contribution in [0.4, 0.5) is 0 Å². The molecule has 1 N–H and O–H groups in total. The molecule has 0 aliphatic heterocycles. The molecule has 3 nitrogen and oxygen atoms in total. The lowest BCUT2D eigenvalue weighted by molar-refractivity contribution is -0.131. The third-order valence-corrected chi connectivity index (χ3v) is 2.77. The highest BCUT2D eigenvalue weighted by Crippen LogP contribution is 2.30. The molecule has 0 aliphatic rings. The predicted octanol–water partition coefficient (Wildman–Crippen LogP) is 3.81. The number of rotatable bonds is 5. The van der Waals surface area contributed by atoms with E-state index in [0.717, 1.165) is 21.7 Å². The van der Waals surface area contributed by atoms with Gasteiger partial charge in [0.1, 0.15) is 11.9 Å². The quantitative estimate of drug-likeness (QED) is 0.664. The van der Waals surface area contributed by atoms with Crippen molar-refractivity contribution < 1.29 is 14.6 Å². The summed E-state index contributed by atoms with van der Waals surface area (Å²) in [4.78, 5) is 10.6. The van der Waals surface area contributed by atoms with E-state index in [1.165, 1.54) is 6.08 Å². The molecule has 0 bridgehead atoms. The molecule has 96 valence electrons. The molecule has 0 aromatic heterocycles. The summed E-state index contributed by atoms with van der Waals surface area (Å²) in [5.74, 6) is -0.321. The van der Waals surface area contributed by atoms with E-state index in [1.807, 2.05) is 26.0 Å². The molecular weight excluding hydrogens is 296 g/mol. The minimum absolute atomic E-state index is 0.137. The van der Waals surface area contributed by atoms with Gasteiger partial charge in [0.2, 0.25) is 0 Å². The Balaban J connectivity index is 3.20. The molecule has 0 heterocycles. The molecule has 1 aromatic carbocycles. The van der Waals surface area contributed by atoms with Gasteiger partial charge in [0.25, 0.3) is 0 Å². The van der Waals surface area contributed by atoms with E-state index in [1.54, 1.807) is 6.08 Å². The standard InChI is InChI=1S/C14H15BrO3/c1-4-10(3)18-14-9(2)7-12(15)8-11(14)5-6-13(16)17/h4-8,10H,1H2,2-3H3,(H,16,17)/b6-5+.